The van der Waals surface area contributed by atoms with E-state index in [-0.39, 0.29) is 31.0 Å². The molecule has 19 heavy (non-hydrogen) atoms. The summed E-state index contributed by atoms with van der Waals surface area (Å²) in [7, 11) is 0. The second-order valence-electron chi connectivity index (χ2n) is 4.24. The van der Waals surface area contributed by atoms with E-state index >= 15 is 0 Å². The Morgan fingerprint density at radius 2 is 1.79 bits per heavy atom. The number of ether oxygens (including phenoxy) is 1. The van der Waals surface area contributed by atoms with Gasteiger partial charge in [0.15, 0.2) is 5.78 Å². The molecule has 1 unspecified atom stereocenters. The summed E-state index contributed by atoms with van der Waals surface area (Å²) in [4.78, 5) is 34.9. The molecule has 4 heteroatoms. The molecule has 0 radical (unpaired) electrons. The van der Waals surface area contributed by atoms with E-state index in [0.29, 0.717) is 5.56 Å². The van der Waals surface area contributed by atoms with Gasteiger partial charge in [-0.25, -0.2) is 0 Å². The normalized spacial score (nSPS) is 11.7. The number of carbonyl (C=O) groups is 3. The number of ketones is 2. The molecule has 0 saturated heterocycles. The molecule has 1 rings (SSSR count). The molecule has 1 atom stereocenters. The zero-order valence-corrected chi connectivity index (χ0v) is 11.2. The van der Waals surface area contributed by atoms with Crippen LogP contribution in [0.25, 0.3) is 0 Å². The maximum absolute atomic E-state index is 11.9. The fourth-order valence-electron chi connectivity index (χ4n) is 1.77. The smallest absolute Gasteiger partial charge is 0.316 e. The number of carbonyl (C=O) groups excluding carboxylic acids is 3. The third-order valence-electron chi connectivity index (χ3n) is 2.82. The SMILES string of the molecule is CCOC(=O)C(CCC(=O)c1ccccc1)C(C)=O. The predicted octanol–water partition coefficient (Wildman–Crippen LogP) is 2.42. The summed E-state index contributed by atoms with van der Waals surface area (Å²) in [5.41, 5.74) is 0.591. The standard InChI is InChI=1S/C15H18O4/c1-3-19-15(18)13(11(2)16)9-10-14(17)12-7-5-4-6-8-12/h4-8,13H,3,9-10H2,1-2H3. The Kier molecular flexibility index (Phi) is 5.93. The molecule has 4 nitrogen and oxygen atoms in total. The van der Waals surface area contributed by atoms with Crippen molar-refractivity contribution in [3.05, 3.63) is 35.9 Å². The van der Waals surface area contributed by atoms with Crippen LogP contribution in [0.3, 0.4) is 0 Å². The lowest BCUT2D eigenvalue weighted by atomic mass is 9.96. The summed E-state index contributed by atoms with van der Waals surface area (Å²) in [5, 5.41) is 0. The second-order valence-corrected chi connectivity index (χ2v) is 4.24. The number of esters is 1. The first-order valence-corrected chi connectivity index (χ1v) is 6.31. The van der Waals surface area contributed by atoms with Gasteiger partial charge in [0.2, 0.25) is 0 Å². The van der Waals surface area contributed by atoms with E-state index in [1.54, 1.807) is 31.2 Å². The molecule has 102 valence electrons. The highest BCUT2D eigenvalue weighted by atomic mass is 16.5. The average Bonchev–Trinajstić information content (AvgIpc) is 2.39. The van der Waals surface area contributed by atoms with Crippen LogP contribution in [-0.2, 0) is 14.3 Å². The van der Waals surface area contributed by atoms with Crippen LogP contribution in [-0.4, -0.2) is 24.1 Å². The lowest BCUT2D eigenvalue weighted by molar-refractivity contribution is -0.151. The van der Waals surface area contributed by atoms with Crippen LogP contribution in [0.2, 0.25) is 0 Å². The highest BCUT2D eigenvalue weighted by Crippen LogP contribution is 2.14. The van der Waals surface area contributed by atoms with Gasteiger partial charge in [-0.3, -0.25) is 14.4 Å². The van der Waals surface area contributed by atoms with Crippen molar-refractivity contribution in [1.29, 1.82) is 0 Å². The molecule has 0 aliphatic heterocycles. The molecular weight excluding hydrogens is 244 g/mol. The highest BCUT2D eigenvalue weighted by molar-refractivity contribution is 6.00. The Bertz CT molecular complexity index is 450. The quantitative estimate of drug-likeness (QED) is 0.430. The molecule has 0 aliphatic rings. The van der Waals surface area contributed by atoms with E-state index in [9.17, 15) is 14.4 Å². The van der Waals surface area contributed by atoms with E-state index in [1.165, 1.54) is 6.92 Å². The van der Waals surface area contributed by atoms with Gasteiger partial charge in [-0.15, -0.1) is 0 Å². The van der Waals surface area contributed by atoms with Gasteiger partial charge in [0.25, 0.3) is 0 Å². The van der Waals surface area contributed by atoms with Gasteiger partial charge in [-0.2, -0.15) is 0 Å². The van der Waals surface area contributed by atoms with Crippen LogP contribution in [0.1, 0.15) is 37.0 Å². The van der Waals surface area contributed by atoms with Crippen LogP contribution in [0.4, 0.5) is 0 Å². The second kappa shape index (κ2) is 7.46. The monoisotopic (exact) mass is 262 g/mol. The van der Waals surface area contributed by atoms with Gasteiger partial charge < -0.3 is 4.74 Å². The Morgan fingerprint density at radius 3 is 2.32 bits per heavy atom. The molecule has 0 saturated carbocycles. The van der Waals surface area contributed by atoms with Crippen molar-refractivity contribution in [2.75, 3.05) is 6.61 Å². The predicted molar refractivity (Wildman–Crippen MR) is 70.8 cm³/mol. The van der Waals surface area contributed by atoms with Crippen LogP contribution in [0.5, 0.6) is 0 Å². The molecule has 0 aromatic heterocycles. The first-order valence-electron chi connectivity index (χ1n) is 6.31. The number of benzene rings is 1. The zero-order valence-electron chi connectivity index (χ0n) is 11.2. The van der Waals surface area contributed by atoms with Crippen molar-refractivity contribution in [1.82, 2.24) is 0 Å². The van der Waals surface area contributed by atoms with E-state index in [1.807, 2.05) is 6.07 Å². The summed E-state index contributed by atoms with van der Waals surface area (Å²) in [5.74, 6) is -1.72. The molecule has 1 aromatic carbocycles. The molecular formula is C15H18O4. The van der Waals surface area contributed by atoms with Crippen molar-refractivity contribution in [2.45, 2.75) is 26.7 Å². The number of rotatable bonds is 7. The summed E-state index contributed by atoms with van der Waals surface area (Å²) in [6.07, 6.45) is 0.356. The Morgan fingerprint density at radius 1 is 1.16 bits per heavy atom. The zero-order chi connectivity index (χ0) is 14.3. The highest BCUT2D eigenvalue weighted by Gasteiger charge is 2.25. The lowest BCUT2D eigenvalue weighted by Crippen LogP contribution is -2.25. The largest absolute Gasteiger partial charge is 0.465 e. The van der Waals surface area contributed by atoms with Gasteiger partial charge in [0, 0.05) is 12.0 Å². The van der Waals surface area contributed by atoms with E-state index in [4.69, 9.17) is 4.74 Å². The first kappa shape index (κ1) is 15.1. The Balaban J connectivity index is 2.60. The summed E-state index contributed by atoms with van der Waals surface area (Å²) in [6, 6.07) is 8.82. The van der Waals surface area contributed by atoms with Crippen molar-refractivity contribution in [3.8, 4) is 0 Å². The Hall–Kier alpha value is -1.97. The minimum atomic E-state index is -0.840. The molecule has 0 heterocycles. The molecule has 0 bridgehead atoms. The molecule has 1 aromatic rings. The van der Waals surface area contributed by atoms with E-state index < -0.39 is 11.9 Å². The maximum atomic E-state index is 11.9. The minimum Gasteiger partial charge on any atom is -0.465 e. The summed E-state index contributed by atoms with van der Waals surface area (Å²) in [6.45, 7) is 3.26. The number of Topliss-reactive ketones (excluding diaryl/α,β-unsaturated/α-hetero) is 2. The fourth-order valence-corrected chi connectivity index (χ4v) is 1.77. The van der Waals surface area contributed by atoms with Crippen LogP contribution in [0, 0.1) is 5.92 Å². The van der Waals surface area contributed by atoms with Gasteiger partial charge in [-0.1, -0.05) is 30.3 Å². The van der Waals surface area contributed by atoms with Crippen molar-refractivity contribution in [2.24, 2.45) is 5.92 Å². The van der Waals surface area contributed by atoms with Crippen LogP contribution >= 0.6 is 0 Å². The lowest BCUT2D eigenvalue weighted by Gasteiger charge is -2.11. The molecule has 0 amide bonds. The Labute approximate surface area is 112 Å². The number of hydrogen-bond donors (Lipinski definition) is 0. The fraction of sp³-hybridized carbons (Fsp3) is 0.400. The van der Waals surface area contributed by atoms with Crippen molar-refractivity contribution < 1.29 is 19.1 Å². The first-order chi connectivity index (χ1) is 9.06. The van der Waals surface area contributed by atoms with Gasteiger partial charge in [0.1, 0.15) is 11.7 Å². The molecule has 0 fully saturated rings. The number of hydrogen-bond acceptors (Lipinski definition) is 4. The molecule has 0 spiro atoms. The van der Waals surface area contributed by atoms with Crippen LogP contribution in [0.15, 0.2) is 30.3 Å². The van der Waals surface area contributed by atoms with E-state index in [0.717, 1.165) is 0 Å². The molecule has 0 aliphatic carbocycles. The minimum absolute atomic E-state index is 0.0730. The maximum Gasteiger partial charge on any atom is 0.316 e. The summed E-state index contributed by atoms with van der Waals surface area (Å²) < 4.78 is 4.83. The van der Waals surface area contributed by atoms with Crippen molar-refractivity contribution >= 4 is 17.5 Å². The van der Waals surface area contributed by atoms with Gasteiger partial charge in [0.05, 0.1) is 6.61 Å². The van der Waals surface area contributed by atoms with Crippen LogP contribution < -0.4 is 0 Å². The van der Waals surface area contributed by atoms with Crippen molar-refractivity contribution in [3.63, 3.8) is 0 Å². The average molecular weight is 262 g/mol. The van der Waals surface area contributed by atoms with Gasteiger partial charge >= 0.3 is 5.97 Å². The third kappa shape index (κ3) is 4.66. The summed E-state index contributed by atoms with van der Waals surface area (Å²) >= 11 is 0. The van der Waals surface area contributed by atoms with E-state index in [2.05, 4.69) is 0 Å². The van der Waals surface area contributed by atoms with Gasteiger partial charge in [-0.05, 0) is 20.3 Å². The third-order valence-corrected chi connectivity index (χ3v) is 2.82. The molecule has 0 N–H and O–H groups in total. The topological polar surface area (TPSA) is 60.4 Å².